The molecular formula is C20H17NO3S2. The normalized spacial score (nSPS) is 12.1. The number of ether oxygens (including phenoxy) is 2. The molecule has 2 aromatic carbocycles. The molecule has 1 aliphatic rings. The average Bonchev–Trinajstić information content (AvgIpc) is 3.13. The summed E-state index contributed by atoms with van der Waals surface area (Å²) in [5.74, 6) is 2.00. The summed E-state index contributed by atoms with van der Waals surface area (Å²) < 4.78 is 10.5. The van der Waals surface area contributed by atoms with Gasteiger partial charge in [-0.2, -0.15) is 0 Å². The van der Waals surface area contributed by atoms with E-state index in [0.29, 0.717) is 22.1 Å². The summed E-state index contributed by atoms with van der Waals surface area (Å²) in [4.78, 5) is 15.9. The Kier molecular flexibility index (Phi) is 4.61. The van der Waals surface area contributed by atoms with Gasteiger partial charge in [0.1, 0.15) is 0 Å². The highest BCUT2D eigenvalue weighted by Gasteiger charge is 2.22. The quantitative estimate of drug-likeness (QED) is 0.665. The number of thiophene rings is 1. The molecule has 4 nitrogen and oxygen atoms in total. The molecule has 0 saturated carbocycles. The predicted octanol–water partition coefficient (Wildman–Crippen LogP) is 5.29. The number of hydrogen-bond donors (Lipinski definition) is 1. The minimum Gasteiger partial charge on any atom is -0.493 e. The molecule has 0 aliphatic carbocycles. The zero-order chi connectivity index (χ0) is 18.1. The summed E-state index contributed by atoms with van der Waals surface area (Å²) in [6.07, 6.45) is 0. The largest absolute Gasteiger partial charge is 0.493 e. The molecule has 6 heteroatoms. The Hall–Kier alpha value is -2.44. The minimum absolute atomic E-state index is 0.112. The van der Waals surface area contributed by atoms with E-state index in [4.69, 9.17) is 9.47 Å². The Labute approximate surface area is 160 Å². The molecule has 3 aromatic rings. The van der Waals surface area contributed by atoms with Gasteiger partial charge in [-0.05, 0) is 29.8 Å². The number of benzene rings is 2. The Morgan fingerprint density at radius 3 is 2.65 bits per heavy atom. The van der Waals surface area contributed by atoms with E-state index >= 15 is 0 Å². The first kappa shape index (κ1) is 17.0. The van der Waals surface area contributed by atoms with Crippen LogP contribution in [0.1, 0.15) is 15.2 Å². The first-order chi connectivity index (χ1) is 12.7. The van der Waals surface area contributed by atoms with Gasteiger partial charge >= 0.3 is 0 Å². The van der Waals surface area contributed by atoms with Gasteiger partial charge < -0.3 is 14.8 Å². The van der Waals surface area contributed by atoms with Crippen molar-refractivity contribution >= 4 is 34.7 Å². The lowest BCUT2D eigenvalue weighted by Gasteiger charge is -2.14. The summed E-state index contributed by atoms with van der Waals surface area (Å²) in [5.41, 5.74) is 3.11. The predicted molar refractivity (Wildman–Crippen MR) is 107 cm³/mol. The van der Waals surface area contributed by atoms with Crippen molar-refractivity contribution in [2.45, 2.75) is 10.6 Å². The SMILES string of the molecule is COc1ccc(NC(=O)c2cc3c(s2)-c2ccccc2SC3)cc1OC. The third-order valence-corrected chi connectivity index (χ3v) is 6.52. The van der Waals surface area contributed by atoms with E-state index in [1.165, 1.54) is 20.9 Å². The molecule has 1 N–H and O–H groups in total. The molecule has 132 valence electrons. The third kappa shape index (κ3) is 3.06. The van der Waals surface area contributed by atoms with Crippen LogP contribution in [0.15, 0.2) is 53.4 Å². The monoisotopic (exact) mass is 383 g/mol. The summed E-state index contributed by atoms with van der Waals surface area (Å²) in [6, 6.07) is 15.7. The first-order valence-corrected chi connectivity index (χ1v) is 9.88. The highest BCUT2D eigenvalue weighted by Crippen LogP contribution is 2.45. The van der Waals surface area contributed by atoms with Crippen LogP contribution in [0.5, 0.6) is 11.5 Å². The molecule has 0 atom stereocenters. The minimum atomic E-state index is -0.112. The number of carbonyl (C=O) groups excluding carboxylic acids is 1. The van der Waals surface area contributed by atoms with Gasteiger partial charge in [-0.15, -0.1) is 23.1 Å². The van der Waals surface area contributed by atoms with Crippen LogP contribution in [-0.2, 0) is 5.75 Å². The smallest absolute Gasteiger partial charge is 0.265 e. The van der Waals surface area contributed by atoms with Gasteiger partial charge in [0, 0.05) is 32.8 Å². The van der Waals surface area contributed by atoms with Crippen molar-refractivity contribution < 1.29 is 14.3 Å². The number of amides is 1. The van der Waals surface area contributed by atoms with Crippen molar-refractivity contribution in [2.24, 2.45) is 0 Å². The number of fused-ring (bicyclic) bond motifs is 3. The van der Waals surface area contributed by atoms with E-state index in [1.54, 1.807) is 43.8 Å². The Morgan fingerprint density at radius 2 is 1.85 bits per heavy atom. The summed E-state index contributed by atoms with van der Waals surface area (Å²) >= 11 is 3.36. The molecule has 2 heterocycles. The lowest BCUT2D eigenvalue weighted by Crippen LogP contribution is -2.10. The Bertz CT molecular complexity index is 981. The maximum atomic E-state index is 12.7. The van der Waals surface area contributed by atoms with E-state index in [0.717, 1.165) is 5.75 Å². The number of methoxy groups -OCH3 is 2. The summed E-state index contributed by atoms with van der Waals surface area (Å²) in [7, 11) is 3.16. The Morgan fingerprint density at radius 1 is 1.04 bits per heavy atom. The van der Waals surface area contributed by atoms with Gasteiger partial charge in [0.05, 0.1) is 19.1 Å². The van der Waals surface area contributed by atoms with Crippen molar-refractivity contribution in [2.75, 3.05) is 19.5 Å². The molecule has 0 spiro atoms. The van der Waals surface area contributed by atoms with Crippen LogP contribution in [-0.4, -0.2) is 20.1 Å². The Balaban J connectivity index is 1.60. The lowest BCUT2D eigenvalue weighted by atomic mass is 10.1. The fourth-order valence-corrected chi connectivity index (χ4v) is 5.23. The number of rotatable bonds is 4. The van der Waals surface area contributed by atoms with Gasteiger partial charge in [-0.1, -0.05) is 18.2 Å². The fourth-order valence-electron chi connectivity index (χ4n) is 2.92. The molecule has 1 amide bonds. The lowest BCUT2D eigenvalue weighted by molar-refractivity contribution is 0.103. The summed E-state index contributed by atoms with van der Waals surface area (Å²) in [6.45, 7) is 0. The number of carbonyl (C=O) groups is 1. The molecule has 0 radical (unpaired) electrons. The van der Waals surface area contributed by atoms with E-state index in [2.05, 4.69) is 23.5 Å². The average molecular weight is 383 g/mol. The van der Waals surface area contributed by atoms with Crippen LogP contribution < -0.4 is 14.8 Å². The number of nitrogens with one attached hydrogen (secondary N) is 1. The van der Waals surface area contributed by atoms with Gasteiger partial charge in [-0.3, -0.25) is 4.79 Å². The number of anilines is 1. The summed E-state index contributed by atoms with van der Waals surface area (Å²) in [5, 5.41) is 2.95. The van der Waals surface area contributed by atoms with Crippen LogP contribution in [0, 0.1) is 0 Å². The molecule has 0 bridgehead atoms. The van der Waals surface area contributed by atoms with E-state index < -0.39 is 0 Å². The second kappa shape index (κ2) is 7.05. The van der Waals surface area contributed by atoms with Gasteiger partial charge in [0.2, 0.25) is 0 Å². The molecule has 0 unspecified atom stereocenters. The topological polar surface area (TPSA) is 47.6 Å². The fraction of sp³-hybridized carbons (Fsp3) is 0.150. The number of thioether (sulfide) groups is 1. The highest BCUT2D eigenvalue weighted by atomic mass is 32.2. The highest BCUT2D eigenvalue weighted by molar-refractivity contribution is 7.98. The van der Waals surface area contributed by atoms with Crippen LogP contribution in [0.3, 0.4) is 0 Å². The van der Waals surface area contributed by atoms with E-state index in [9.17, 15) is 4.79 Å². The first-order valence-electron chi connectivity index (χ1n) is 8.08. The number of hydrogen-bond acceptors (Lipinski definition) is 5. The molecule has 26 heavy (non-hydrogen) atoms. The van der Waals surface area contributed by atoms with E-state index in [-0.39, 0.29) is 5.91 Å². The second-order valence-corrected chi connectivity index (χ2v) is 7.84. The standard InChI is InChI=1S/C20H17NO3S2/c1-23-15-8-7-13(10-16(15)24-2)21-20(22)18-9-12-11-25-17-6-4-3-5-14(17)19(12)26-18/h3-10H,11H2,1-2H3,(H,21,22). The van der Waals surface area contributed by atoms with Crippen LogP contribution >= 0.6 is 23.1 Å². The third-order valence-electron chi connectivity index (χ3n) is 4.19. The van der Waals surface area contributed by atoms with E-state index in [1.807, 2.05) is 23.9 Å². The van der Waals surface area contributed by atoms with Crippen molar-refractivity contribution in [1.82, 2.24) is 0 Å². The van der Waals surface area contributed by atoms with Gasteiger partial charge in [0.25, 0.3) is 5.91 Å². The van der Waals surface area contributed by atoms with Crippen LogP contribution in [0.2, 0.25) is 0 Å². The molecule has 0 saturated heterocycles. The zero-order valence-electron chi connectivity index (χ0n) is 14.4. The maximum Gasteiger partial charge on any atom is 0.265 e. The zero-order valence-corrected chi connectivity index (χ0v) is 16.0. The van der Waals surface area contributed by atoms with Gasteiger partial charge in [-0.25, -0.2) is 0 Å². The molecule has 0 fully saturated rings. The van der Waals surface area contributed by atoms with Crippen molar-refractivity contribution in [3.05, 3.63) is 59.0 Å². The van der Waals surface area contributed by atoms with Crippen molar-refractivity contribution in [1.29, 1.82) is 0 Å². The van der Waals surface area contributed by atoms with Crippen molar-refractivity contribution in [3.8, 4) is 21.9 Å². The van der Waals surface area contributed by atoms with Crippen molar-refractivity contribution in [3.63, 3.8) is 0 Å². The van der Waals surface area contributed by atoms with Crippen LogP contribution in [0.4, 0.5) is 5.69 Å². The van der Waals surface area contributed by atoms with Crippen LogP contribution in [0.25, 0.3) is 10.4 Å². The maximum absolute atomic E-state index is 12.7. The second-order valence-electron chi connectivity index (χ2n) is 5.77. The molecule has 1 aromatic heterocycles. The molecular weight excluding hydrogens is 366 g/mol. The molecule has 1 aliphatic heterocycles. The van der Waals surface area contributed by atoms with Gasteiger partial charge in [0.15, 0.2) is 11.5 Å². The molecule has 4 rings (SSSR count).